The Morgan fingerprint density at radius 2 is 1.84 bits per heavy atom. The zero-order valence-electron chi connectivity index (χ0n) is 18.0. The van der Waals surface area contributed by atoms with Gasteiger partial charge in [-0.2, -0.15) is 4.98 Å². The van der Waals surface area contributed by atoms with Crippen LogP contribution in [0.25, 0.3) is 21.4 Å². The molecule has 0 spiro atoms. The lowest BCUT2D eigenvalue weighted by atomic mass is 9.89. The van der Waals surface area contributed by atoms with Crippen LogP contribution in [0.1, 0.15) is 24.3 Å². The first-order valence-electron chi connectivity index (χ1n) is 11.1. The van der Waals surface area contributed by atoms with Crippen molar-refractivity contribution in [2.45, 2.75) is 18.8 Å². The van der Waals surface area contributed by atoms with E-state index in [0.717, 1.165) is 84.4 Å². The first kappa shape index (κ1) is 19.9. The van der Waals surface area contributed by atoms with E-state index in [-0.39, 0.29) is 5.82 Å². The van der Waals surface area contributed by atoms with Crippen LogP contribution in [0.2, 0.25) is 0 Å². The van der Waals surface area contributed by atoms with Gasteiger partial charge in [-0.25, -0.2) is 14.4 Å². The minimum Gasteiger partial charge on any atom is -0.378 e. The third kappa shape index (κ3) is 3.49. The summed E-state index contributed by atoms with van der Waals surface area (Å²) in [4.78, 5) is 18.3. The summed E-state index contributed by atoms with van der Waals surface area (Å²) in [5.41, 5.74) is 4.03. The summed E-state index contributed by atoms with van der Waals surface area (Å²) < 4.78 is 22.4. The number of pyridine rings is 2. The van der Waals surface area contributed by atoms with Gasteiger partial charge in [0.25, 0.3) is 0 Å². The number of morpholine rings is 1. The normalized spacial score (nSPS) is 18.2. The molecule has 4 aromatic rings. The quantitative estimate of drug-likeness (QED) is 0.469. The predicted molar refractivity (Wildman–Crippen MR) is 125 cm³/mol. The van der Waals surface area contributed by atoms with Crippen molar-refractivity contribution in [2.24, 2.45) is 7.05 Å². The number of anilines is 2. The molecule has 0 amide bonds. The first-order chi connectivity index (χ1) is 15.7. The van der Waals surface area contributed by atoms with Crippen LogP contribution in [0, 0.1) is 5.82 Å². The molecule has 7 nitrogen and oxygen atoms in total. The molecule has 0 N–H and O–H groups in total. The van der Waals surface area contributed by atoms with Gasteiger partial charge in [-0.15, -0.1) is 0 Å². The van der Waals surface area contributed by atoms with Gasteiger partial charge in [0, 0.05) is 44.8 Å². The van der Waals surface area contributed by atoms with E-state index in [9.17, 15) is 4.39 Å². The van der Waals surface area contributed by atoms with Crippen molar-refractivity contribution in [1.82, 2.24) is 19.5 Å². The smallest absolute Gasteiger partial charge is 0.188 e. The summed E-state index contributed by atoms with van der Waals surface area (Å²) in [6, 6.07) is 3.85. The summed E-state index contributed by atoms with van der Waals surface area (Å²) in [5, 5.41) is 1.97. The van der Waals surface area contributed by atoms with E-state index in [0.29, 0.717) is 5.92 Å². The van der Waals surface area contributed by atoms with E-state index in [4.69, 9.17) is 9.72 Å². The molecule has 2 saturated heterocycles. The van der Waals surface area contributed by atoms with Crippen LogP contribution in [0.4, 0.5) is 15.2 Å². The topological polar surface area (TPSA) is 59.3 Å². The van der Waals surface area contributed by atoms with Gasteiger partial charge in [0.1, 0.15) is 11.5 Å². The van der Waals surface area contributed by atoms with Crippen LogP contribution < -0.4 is 9.80 Å². The monoisotopic (exact) mass is 452 g/mol. The molecule has 0 saturated carbocycles. The van der Waals surface area contributed by atoms with Gasteiger partial charge in [0.05, 0.1) is 36.0 Å². The largest absolute Gasteiger partial charge is 0.378 e. The van der Waals surface area contributed by atoms with Crippen molar-refractivity contribution >= 4 is 43.5 Å². The first-order valence-corrected chi connectivity index (χ1v) is 11.9. The molecule has 166 valence electrons. The fraction of sp³-hybridized carbons (Fsp3) is 0.435. The van der Waals surface area contributed by atoms with Crippen molar-refractivity contribution in [2.75, 3.05) is 49.2 Å². The molecule has 9 heteroatoms. The third-order valence-corrected chi connectivity index (χ3v) is 7.67. The third-order valence-electron chi connectivity index (χ3n) is 6.61. The van der Waals surface area contributed by atoms with E-state index < -0.39 is 0 Å². The van der Waals surface area contributed by atoms with E-state index >= 15 is 0 Å². The van der Waals surface area contributed by atoms with Crippen molar-refractivity contribution in [1.29, 1.82) is 0 Å². The number of thiazole rings is 1. The lowest BCUT2D eigenvalue weighted by Gasteiger charge is -2.33. The Bertz CT molecular complexity index is 1270. The number of piperidine rings is 1. The lowest BCUT2D eigenvalue weighted by molar-refractivity contribution is 0.122. The fourth-order valence-corrected chi connectivity index (χ4v) is 5.91. The van der Waals surface area contributed by atoms with Gasteiger partial charge in [0.2, 0.25) is 0 Å². The number of hydrogen-bond acceptors (Lipinski definition) is 7. The number of aromatic nitrogens is 4. The lowest BCUT2D eigenvalue weighted by Crippen LogP contribution is -2.36. The summed E-state index contributed by atoms with van der Waals surface area (Å²) in [6.07, 6.45) is 7.41. The summed E-state index contributed by atoms with van der Waals surface area (Å²) in [7, 11) is 1.98. The van der Waals surface area contributed by atoms with Gasteiger partial charge in [0.15, 0.2) is 10.8 Å². The summed E-state index contributed by atoms with van der Waals surface area (Å²) in [6.45, 7) is 5.17. The summed E-state index contributed by atoms with van der Waals surface area (Å²) in [5.74, 6) is 0.134. The maximum Gasteiger partial charge on any atom is 0.188 e. The molecule has 0 unspecified atom stereocenters. The van der Waals surface area contributed by atoms with Crippen LogP contribution in [0.5, 0.6) is 0 Å². The van der Waals surface area contributed by atoms with Gasteiger partial charge < -0.3 is 19.1 Å². The Hall–Kier alpha value is -2.78. The Morgan fingerprint density at radius 3 is 2.66 bits per heavy atom. The van der Waals surface area contributed by atoms with Crippen molar-refractivity contribution in [3.63, 3.8) is 0 Å². The minimum absolute atomic E-state index is 0.275. The minimum atomic E-state index is -0.275. The highest BCUT2D eigenvalue weighted by Crippen LogP contribution is 2.36. The van der Waals surface area contributed by atoms with Crippen LogP contribution in [0.3, 0.4) is 0 Å². The molecule has 0 radical (unpaired) electrons. The van der Waals surface area contributed by atoms with Gasteiger partial charge in [-0.1, -0.05) is 11.3 Å². The van der Waals surface area contributed by atoms with Crippen molar-refractivity contribution in [3.8, 4) is 0 Å². The van der Waals surface area contributed by atoms with Gasteiger partial charge in [-0.05, 0) is 36.5 Å². The zero-order chi connectivity index (χ0) is 21.7. The van der Waals surface area contributed by atoms with E-state index in [1.54, 1.807) is 17.4 Å². The number of halogens is 1. The molecule has 0 aliphatic carbocycles. The Balaban J connectivity index is 1.20. The summed E-state index contributed by atoms with van der Waals surface area (Å²) >= 11 is 1.71. The van der Waals surface area contributed by atoms with Crippen LogP contribution in [-0.4, -0.2) is 58.9 Å². The number of fused-ring (bicyclic) bond motifs is 2. The molecular weight excluding hydrogens is 427 g/mol. The van der Waals surface area contributed by atoms with E-state index in [1.165, 1.54) is 11.8 Å². The number of ether oxygens (including phenoxy) is 1. The molecule has 2 fully saturated rings. The molecule has 6 rings (SSSR count). The molecule has 0 aromatic carbocycles. The Morgan fingerprint density at radius 1 is 1.03 bits per heavy atom. The SMILES string of the molecule is Cn1cc(C2CCN(c3cnc4nc(N5CCOCC5)sc4c3)CC2)c2cc(F)cnc21. The number of hydrogen-bond donors (Lipinski definition) is 0. The maximum absolute atomic E-state index is 13.8. The molecule has 0 bridgehead atoms. The zero-order valence-corrected chi connectivity index (χ0v) is 18.8. The average Bonchev–Trinajstić information content (AvgIpc) is 3.40. The molecule has 4 aromatic heterocycles. The van der Waals surface area contributed by atoms with Gasteiger partial charge in [-0.3, -0.25) is 0 Å². The van der Waals surface area contributed by atoms with Crippen molar-refractivity contribution < 1.29 is 9.13 Å². The van der Waals surface area contributed by atoms with Gasteiger partial charge >= 0.3 is 0 Å². The highest BCUT2D eigenvalue weighted by molar-refractivity contribution is 7.22. The molecular formula is C23H25FN6OS. The molecule has 2 aliphatic heterocycles. The maximum atomic E-state index is 13.8. The second-order valence-corrected chi connectivity index (χ2v) is 9.60. The number of rotatable bonds is 3. The second-order valence-electron chi connectivity index (χ2n) is 8.59. The van der Waals surface area contributed by atoms with Crippen molar-refractivity contribution in [3.05, 3.63) is 42.1 Å². The Kier molecular flexibility index (Phi) is 4.95. The van der Waals surface area contributed by atoms with E-state index in [2.05, 4.69) is 32.0 Å². The van der Waals surface area contributed by atoms with Crippen LogP contribution in [0.15, 0.2) is 30.7 Å². The molecule has 2 aliphatic rings. The van der Waals surface area contributed by atoms with Crippen LogP contribution in [-0.2, 0) is 11.8 Å². The molecule has 32 heavy (non-hydrogen) atoms. The average molecular weight is 453 g/mol. The second kappa shape index (κ2) is 7.97. The van der Waals surface area contributed by atoms with Crippen LogP contribution >= 0.6 is 11.3 Å². The standard InChI is InChI=1S/C23H25FN6OS/c1-28-14-19(18-10-16(24)12-26-22(18)28)15-2-4-29(5-3-15)17-11-20-21(25-13-17)27-23(32-20)30-6-8-31-9-7-30/h10-15H,2-9H2,1H3. The number of aryl methyl sites for hydroxylation is 1. The fourth-order valence-electron chi connectivity index (χ4n) is 4.90. The predicted octanol–water partition coefficient (Wildman–Crippen LogP) is 3.94. The molecule has 6 heterocycles. The highest BCUT2D eigenvalue weighted by atomic mass is 32.1. The highest BCUT2D eigenvalue weighted by Gasteiger charge is 2.25. The molecule has 0 atom stereocenters. The Labute approximate surface area is 189 Å². The van der Waals surface area contributed by atoms with E-state index in [1.807, 2.05) is 17.8 Å². The number of nitrogens with zero attached hydrogens (tertiary/aromatic N) is 6.